The molecule has 10 nitrogen and oxygen atoms in total. The van der Waals surface area contributed by atoms with E-state index in [0.717, 1.165) is 0 Å². The smallest absolute Gasteiger partial charge is 0.323 e. The molecule has 1 atom stereocenters. The molecule has 172 valence electrons. The molecule has 5 N–H and O–H groups in total. The molecule has 0 saturated heterocycles. The average molecular weight is 437 g/mol. The molecular formula is C21H32N4O6. The predicted octanol–water partition coefficient (Wildman–Crippen LogP) is 1.55. The second kappa shape index (κ2) is 12.5. The van der Waals surface area contributed by atoms with Gasteiger partial charge >= 0.3 is 18.0 Å². The van der Waals surface area contributed by atoms with Crippen LogP contribution in [0.4, 0.5) is 10.5 Å². The van der Waals surface area contributed by atoms with Crippen LogP contribution in [0.15, 0.2) is 24.3 Å². The number of esters is 2. The number of rotatable bonds is 10. The third-order valence-corrected chi connectivity index (χ3v) is 3.75. The molecule has 0 aliphatic heterocycles. The van der Waals surface area contributed by atoms with E-state index >= 15 is 0 Å². The first-order chi connectivity index (χ1) is 14.5. The van der Waals surface area contributed by atoms with Gasteiger partial charge in [-0.15, -0.1) is 0 Å². The van der Waals surface area contributed by atoms with Gasteiger partial charge in [0.25, 0.3) is 5.91 Å². The summed E-state index contributed by atoms with van der Waals surface area (Å²) in [5.74, 6) is -1.30. The third-order valence-electron chi connectivity index (χ3n) is 3.75. The van der Waals surface area contributed by atoms with Gasteiger partial charge in [0.1, 0.15) is 11.6 Å². The zero-order valence-electron chi connectivity index (χ0n) is 18.4. The summed E-state index contributed by atoms with van der Waals surface area (Å²) in [4.78, 5) is 47.4. The Balaban J connectivity index is 2.44. The number of carbonyl (C=O) groups is 4. The Morgan fingerprint density at radius 1 is 1.10 bits per heavy atom. The fraction of sp³-hybridized carbons (Fsp3) is 0.524. The zero-order valence-corrected chi connectivity index (χ0v) is 18.4. The zero-order chi connectivity index (χ0) is 23.4. The van der Waals surface area contributed by atoms with Crippen molar-refractivity contribution in [3.8, 4) is 0 Å². The molecule has 0 spiro atoms. The highest BCUT2D eigenvalue weighted by Gasteiger charge is 2.22. The number of urea groups is 1. The van der Waals surface area contributed by atoms with Crippen LogP contribution in [0, 0.1) is 0 Å². The Bertz CT molecular complexity index is 775. The van der Waals surface area contributed by atoms with Gasteiger partial charge < -0.3 is 31.2 Å². The van der Waals surface area contributed by atoms with Crippen molar-refractivity contribution in [3.63, 3.8) is 0 Å². The minimum absolute atomic E-state index is 0.0748. The number of hydrogen-bond acceptors (Lipinski definition) is 7. The summed E-state index contributed by atoms with van der Waals surface area (Å²) >= 11 is 0. The molecule has 10 heteroatoms. The molecule has 0 heterocycles. The lowest BCUT2D eigenvalue weighted by atomic mass is 10.1. The van der Waals surface area contributed by atoms with Crippen molar-refractivity contribution in [2.45, 2.75) is 52.2 Å². The maximum Gasteiger partial charge on any atom is 0.323 e. The molecule has 0 aliphatic carbocycles. The summed E-state index contributed by atoms with van der Waals surface area (Å²) < 4.78 is 9.98. The quantitative estimate of drug-likeness (QED) is 0.407. The van der Waals surface area contributed by atoms with Gasteiger partial charge in [0, 0.05) is 24.3 Å². The molecule has 1 rings (SSSR count). The second-order valence-electron chi connectivity index (χ2n) is 7.70. The standard InChI is InChI=1S/C21H32N4O6/c1-5-30-17(26)10-12-23-18(27)14-7-6-8-15(13-14)25-20(29)24-11-9-16(22)19(28)31-21(2,3)4/h6-8,13,16H,5,9-12,22H2,1-4H3,(H,23,27)(H2,24,25,29). The highest BCUT2D eigenvalue weighted by Crippen LogP contribution is 2.11. The van der Waals surface area contributed by atoms with Crippen molar-refractivity contribution in [2.75, 3.05) is 25.0 Å². The van der Waals surface area contributed by atoms with E-state index in [0.29, 0.717) is 11.3 Å². The summed E-state index contributed by atoms with van der Waals surface area (Å²) in [6.07, 6.45) is 0.288. The topological polar surface area (TPSA) is 149 Å². The predicted molar refractivity (Wildman–Crippen MR) is 115 cm³/mol. The van der Waals surface area contributed by atoms with Crippen LogP contribution in [0.1, 0.15) is 50.9 Å². The molecule has 3 amide bonds. The fourth-order valence-corrected chi connectivity index (χ4v) is 2.36. The lowest BCUT2D eigenvalue weighted by Crippen LogP contribution is -2.40. The summed E-state index contributed by atoms with van der Waals surface area (Å²) in [7, 11) is 0. The van der Waals surface area contributed by atoms with E-state index in [9.17, 15) is 19.2 Å². The van der Waals surface area contributed by atoms with Crippen molar-refractivity contribution in [1.82, 2.24) is 10.6 Å². The SMILES string of the molecule is CCOC(=O)CCNC(=O)c1cccc(NC(=O)NCCC(N)C(=O)OC(C)(C)C)c1. The van der Waals surface area contributed by atoms with Crippen molar-refractivity contribution in [3.05, 3.63) is 29.8 Å². The van der Waals surface area contributed by atoms with Gasteiger partial charge in [-0.2, -0.15) is 0 Å². The second-order valence-corrected chi connectivity index (χ2v) is 7.70. The Kier molecular flexibility index (Phi) is 10.5. The molecule has 0 aliphatic rings. The average Bonchev–Trinajstić information content (AvgIpc) is 2.66. The Morgan fingerprint density at radius 2 is 1.81 bits per heavy atom. The number of nitrogens with two attached hydrogens (primary N) is 1. The third kappa shape index (κ3) is 11.0. The van der Waals surface area contributed by atoms with Crippen LogP contribution in [-0.4, -0.2) is 55.2 Å². The number of carbonyl (C=O) groups excluding carboxylic acids is 4. The molecule has 0 bridgehead atoms. The van der Waals surface area contributed by atoms with Crippen molar-refractivity contribution >= 4 is 29.6 Å². The summed E-state index contributed by atoms with van der Waals surface area (Å²) in [6, 6.07) is 4.99. The van der Waals surface area contributed by atoms with Crippen LogP contribution in [0.5, 0.6) is 0 Å². The van der Waals surface area contributed by atoms with E-state index < -0.39 is 23.6 Å². The van der Waals surface area contributed by atoms with Gasteiger partial charge in [0.15, 0.2) is 0 Å². The lowest BCUT2D eigenvalue weighted by Gasteiger charge is -2.22. The first-order valence-electron chi connectivity index (χ1n) is 10.1. The highest BCUT2D eigenvalue weighted by atomic mass is 16.6. The van der Waals surface area contributed by atoms with Crippen LogP contribution in [0.3, 0.4) is 0 Å². The van der Waals surface area contributed by atoms with Crippen LogP contribution < -0.4 is 21.7 Å². The van der Waals surface area contributed by atoms with E-state index in [2.05, 4.69) is 16.0 Å². The molecule has 1 aromatic carbocycles. The van der Waals surface area contributed by atoms with E-state index in [-0.39, 0.29) is 44.4 Å². The van der Waals surface area contributed by atoms with E-state index in [1.54, 1.807) is 45.9 Å². The summed E-state index contributed by atoms with van der Waals surface area (Å²) in [5.41, 5.74) is 5.88. The Labute approximate surface area is 182 Å². The van der Waals surface area contributed by atoms with Crippen LogP contribution in [-0.2, 0) is 19.1 Å². The maximum absolute atomic E-state index is 12.2. The van der Waals surface area contributed by atoms with Crippen LogP contribution in [0.25, 0.3) is 0 Å². The molecule has 0 fully saturated rings. The number of ether oxygens (including phenoxy) is 2. The summed E-state index contributed by atoms with van der Waals surface area (Å²) in [5, 5.41) is 7.82. The normalized spacial score (nSPS) is 11.8. The van der Waals surface area contributed by atoms with Crippen LogP contribution in [0.2, 0.25) is 0 Å². The monoisotopic (exact) mass is 436 g/mol. The number of anilines is 1. The molecule has 0 aromatic heterocycles. The van der Waals surface area contributed by atoms with Gasteiger partial charge in [0.05, 0.1) is 13.0 Å². The van der Waals surface area contributed by atoms with E-state index in [1.807, 2.05) is 0 Å². The molecule has 1 aromatic rings. The van der Waals surface area contributed by atoms with Gasteiger partial charge in [-0.3, -0.25) is 14.4 Å². The fourth-order valence-electron chi connectivity index (χ4n) is 2.36. The lowest BCUT2D eigenvalue weighted by molar-refractivity contribution is -0.156. The number of amides is 3. The number of hydrogen-bond donors (Lipinski definition) is 4. The largest absolute Gasteiger partial charge is 0.466 e. The summed E-state index contributed by atoms with van der Waals surface area (Å²) in [6.45, 7) is 7.55. The number of nitrogens with one attached hydrogen (secondary N) is 3. The van der Waals surface area contributed by atoms with Crippen molar-refractivity contribution in [2.24, 2.45) is 5.73 Å². The Hall–Kier alpha value is -3.14. The first kappa shape index (κ1) is 25.9. The first-order valence-corrected chi connectivity index (χ1v) is 10.1. The molecule has 31 heavy (non-hydrogen) atoms. The highest BCUT2D eigenvalue weighted by molar-refractivity contribution is 5.97. The van der Waals surface area contributed by atoms with E-state index in [4.69, 9.17) is 15.2 Å². The maximum atomic E-state index is 12.2. The molecule has 0 saturated carbocycles. The van der Waals surface area contributed by atoms with Gasteiger partial charge in [-0.1, -0.05) is 6.07 Å². The molecular weight excluding hydrogens is 404 g/mol. The van der Waals surface area contributed by atoms with Crippen LogP contribution >= 0.6 is 0 Å². The Morgan fingerprint density at radius 3 is 2.45 bits per heavy atom. The molecule has 1 unspecified atom stereocenters. The van der Waals surface area contributed by atoms with Gasteiger partial charge in [-0.25, -0.2) is 4.79 Å². The van der Waals surface area contributed by atoms with Crippen molar-refractivity contribution < 1.29 is 28.7 Å². The number of benzene rings is 1. The minimum atomic E-state index is -0.846. The van der Waals surface area contributed by atoms with Crippen molar-refractivity contribution in [1.29, 1.82) is 0 Å². The molecule has 0 radical (unpaired) electrons. The van der Waals surface area contributed by atoms with Gasteiger partial charge in [0.2, 0.25) is 0 Å². The van der Waals surface area contributed by atoms with E-state index in [1.165, 1.54) is 6.07 Å². The van der Waals surface area contributed by atoms with Gasteiger partial charge in [-0.05, 0) is 52.3 Å². The minimum Gasteiger partial charge on any atom is -0.466 e.